The molecule has 0 unspecified atom stereocenters. The summed E-state index contributed by atoms with van der Waals surface area (Å²) < 4.78 is 34.0. The fourth-order valence-electron chi connectivity index (χ4n) is 4.05. The van der Waals surface area contributed by atoms with Gasteiger partial charge in [-0.3, -0.25) is 10.1 Å². The SMILES string of the molecule is COC(=O)NC1=Nc2cc(-c3cc(Cc4n[nH]c(=O)c5ccccc45)cc(F)c3F)ccc2C1. The van der Waals surface area contributed by atoms with Gasteiger partial charge in [-0.15, -0.1) is 0 Å². The number of nitrogens with one attached hydrogen (secondary N) is 2. The van der Waals surface area contributed by atoms with Crippen molar-refractivity contribution in [2.75, 3.05) is 7.11 Å². The number of hydrogen-bond acceptors (Lipinski definition) is 5. The number of halogens is 2. The summed E-state index contributed by atoms with van der Waals surface area (Å²) in [6, 6.07) is 14.8. The standard InChI is InChI=1S/C25H18F2N4O3/c1-34-25(33)29-22-12-15-7-6-14(11-20(15)28-22)18-8-13(9-19(26)23(18)27)10-21-16-4-2-3-5-17(16)24(32)31-30-21/h2-9,11H,10,12H2,1H3,(H,31,32)(H,28,29,33). The van der Waals surface area contributed by atoms with Crippen LogP contribution < -0.4 is 10.9 Å². The summed E-state index contributed by atoms with van der Waals surface area (Å²) in [6.45, 7) is 0. The smallest absolute Gasteiger partial charge is 0.412 e. The molecule has 0 atom stereocenters. The molecule has 1 aliphatic heterocycles. The third-order valence-electron chi connectivity index (χ3n) is 5.68. The first-order valence-corrected chi connectivity index (χ1v) is 10.4. The molecule has 0 radical (unpaired) electrons. The highest BCUT2D eigenvalue weighted by Gasteiger charge is 2.20. The molecule has 2 heterocycles. The Labute approximate surface area is 192 Å². The van der Waals surface area contributed by atoms with E-state index in [1.807, 2.05) is 0 Å². The molecule has 1 aliphatic rings. The lowest BCUT2D eigenvalue weighted by atomic mass is 9.97. The molecule has 1 amide bonds. The van der Waals surface area contributed by atoms with Gasteiger partial charge in [-0.1, -0.05) is 30.3 Å². The van der Waals surface area contributed by atoms with Crippen molar-refractivity contribution in [3.8, 4) is 11.1 Å². The predicted molar refractivity (Wildman–Crippen MR) is 123 cm³/mol. The number of carbonyl (C=O) groups is 1. The fraction of sp³-hybridized carbons (Fsp3) is 0.120. The van der Waals surface area contributed by atoms with Crippen molar-refractivity contribution in [3.63, 3.8) is 0 Å². The summed E-state index contributed by atoms with van der Waals surface area (Å²) in [5, 5.41) is 10.2. The minimum Gasteiger partial charge on any atom is -0.453 e. The van der Waals surface area contributed by atoms with Gasteiger partial charge < -0.3 is 4.74 Å². The van der Waals surface area contributed by atoms with E-state index in [0.717, 1.165) is 11.6 Å². The zero-order chi connectivity index (χ0) is 23.8. The van der Waals surface area contributed by atoms with Crippen LogP contribution in [0, 0.1) is 11.6 Å². The molecule has 0 bridgehead atoms. The Balaban J connectivity index is 1.52. The number of aromatic amines is 1. The predicted octanol–water partition coefficient (Wildman–Crippen LogP) is 4.40. The van der Waals surface area contributed by atoms with Gasteiger partial charge >= 0.3 is 6.09 Å². The third-order valence-corrected chi connectivity index (χ3v) is 5.68. The monoisotopic (exact) mass is 460 g/mol. The van der Waals surface area contributed by atoms with Crippen LogP contribution in [0.4, 0.5) is 19.3 Å². The molecule has 0 spiro atoms. The van der Waals surface area contributed by atoms with E-state index in [0.29, 0.717) is 45.5 Å². The van der Waals surface area contributed by atoms with Crippen molar-refractivity contribution in [2.24, 2.45) is 4.99 Å². The molecule has 2 N–H and O–H groups in total. The molecule has 0 fully saturated rings. The van der Waals surface area contributed by atoms with E-state index in [-0.39, 0.29) is 17.5 Å². The van der Waals surface area contributed by atoms with Crippen molar-refractivity contribution in [3.05, 3.63) is 93.4 Å². The molecule has 9 heteroatoms. The average molecular weight is 460 g/mol. The molecular formula is C25H18F2N4O3. The maximum Gasteiger partial charge on any atom is 0.412 e. The number of aromatic nitrogens is 2. The van der Waals surface area contributed by atoms with Crippen molar-refractivity contribution >= 4 is 28.4 Å². The summed E-state index contributed by atoms with van der Waals surface area (Å²) in [7, 11) is 1.26. The summed E-state index contributed by atoms with van der Waals surface area (Å²) in [4.78, 5) is 27.8. The van der Waals surface area contributed by atoms with Crippen LogP contribution in [0.1, 0.15) is 16.8 Å². The summed E-state index contributed by atoms with van der Waals surface area (Å²) in [6.07, 6.45) is -0.0411. The Hall–Kier alpha value is -4.40. The van der Waals surface area contributed by atoms with Crippen LogP contribution in [0.25, 0.3) is 21.9 Å². The second-order valence-corrected chi connectivity index (χ2v) is 7.86. The van der Waals surface area contributed by atoms with E-state index in [2.05, 4.69) is 25.2 Å². The lowest BCUT2D eigenvalue weighted by Gasteiger charge is -2.10. The number of aliphatic imine (C=N–C) groups is 1. The maximum atomic E-state index is 14.8. The Morgan fingerprint density at radius 3 is 2.71 bits per heavy atom. The number of nitrogens with zero attached hydrogens (tertiary/aromatic N) is 2. The maximum absolute atomic E-state index is 14.8. The molecular weight excluding hydrogens is 442 g/mol. The quantitative estimate of drug-likeness (QED) is 0.474. The number of H-pyrrole nitrogens is 1. The Kier molecular flexibility index (Phi) is 5.37. The third kappa shape index (κ3) is 3.92. The lowest BCUT2D eigenvalue weighted by molar-refractivity contribution is 0.176. The minimum atomic E-state index is -0.988. The molecule has 170 valence electrons. The zero-order valence-corrected chi connectivity index (χ0v) is 18.0. The van der Waals surface area contributed by atoms with Gasteiger partial charge in [0.05, 0.1) is 23.9 Å². The van der Waals surface area contributed by atoms with Gasteiger partial charge in [0, 0.05) is 23.8 Å². The molecule has 1 aromatic heterocycles. The van der Waals surface area contributed by atoms with Crippen molar-refractivity contribution in [2.45, 2.75) is 12.8 Å². The molecule has 0 aliphatic carbocycles. The summed E-state index contributed by atoms with van der Waals surface area (Å²) >= 11 is 0. The number of amidine groups is 1. The molecule has 7 nitrogen and oxygen atoms in total. The largest absolute Gasteiger partial charge is 0.453 e. The average Bonchev–Trinajstić information content (AvgIpc) is 3.24. The Morgan fingerprint density at radius 1 is 1.12 bits per heavy atom. The first-order chi connectivity index (χ1) is 16.4. The van der Waals surface area contributed by atoms with Gasteiger partial charge in [-0.25, -0.2) is 23.7 Å². The van der Waals surface area contributed by atoms with Crippen molar-refractivity contribution in [1.29, 1.82) is 0 Å². The van der Waals surface area contributed by atoms with Gasteiger partial charge in [0.1, 0.15) is 5.84 Å². The van der Waals surface area contributed by atoms with Crippen molar-refractivity contribution in [1.82, 2.24) is 15.5 Å². The number of fused-ring (bicyclic) bond motifs is 2. The Bertz CT molecular complexity index is 1550. The number of carbonyl (C=O) groups excluding carboxylic acids is 1. The second kappa shape index (κ2) is 8.51. The van der Waals surface area contributed by atoms with Crippen LogP contribution in [0.15, 0.2) is 64.4 Å². The van der Waals surface area contributed by atoms with Crippen LogP contribution >= 0.6 is 0 Å². The van der Waals surface area contributed by atoms with Crippen LogP contribution in [-0.4, -0.2) is 29.2 Å². The van der Waals surface area contributed by atoms with Gasteiger partial charge in [-0.05, 0) is 41.0 Å². The van der Waals surface area contributed by atoms with E-state index in [1.165, 1.54) is 7.11 Å². The van der Waals surface area contributed by atoms with Gasteiger partial charge in [0.2, 0.25) is 0 Å². The topological polar surface area (TPSA) is 96.4 Å². The normalized spacial score (nSPS) is 12.4. The van der Waals surface area contributed by atoms with Crippen LogP contribution in [-0.2, 0) is 17.6 Å². The second-order valence-electron chi connectivity index (χ2n) is 7.86. The van der Waals surface area contributed by atoms with Gasteiger partial charge in [-0.2, -0.15) is 5.10 Å². The fourth-order valence-corrected chi connectivity index (χ4v) is 4.05. The van der Waals surface area contributed by atoms with E-state index in [9.17, 15) is 18.4 Å². The van der Waals surface area contributed by atoms with E-state index in [4.69, 9.17) is 0 Å². The highest BCUT2D eigenvalue weighted by Crippen LogP contribution is 2.34. The molecule has 4 aromatic rings. The van der Waals surface area contributed by atoms with Crippen molar-refractivity contribution < 1.29 is 18.3 Å². The molecule has 3 aromatic carbocycles. The number of amides is 1. The summed E-state index contributed by atoms with van der Waals surface area (Å²) in [5.41, 5.74) is 2.65. The van der Waals surface area contributed by atoms with Crippen LogP contribution in [0.5, 0.6) is 0 Å². The first kappa shape index (κ1) is 21.4. The highest BCUT2D eigenvalue weighted by molar-refractivity contribution is 6.01. The number of methoxy groups -OCH3 is 1. The van der Waals surface area contributed by atoms with Gasteiger partial charge in [0.25, 0.3) is 5.56 Å². The zero-order valence-electron chi connectivity index (χ0n) is 18.0. The molecule has 0 saturated carbocycles. The molecule has 34 heavy (non-hydrogen) atoms. The lowest BCUT2D eigenvalue weighted by Crippen LogP contribution is -2.30. The number of ether oxygens (including phenoxy) is 1. The van der Waals surface area contributed by atoms with E-state index >= 15 is 0 Å². The number of benzene rings is 3. The molecule has 5 rings (SSSR count). The van der Waals surface area contributed by atoms with Crippen LogP contribution in [0.2, 0.25) is 0 Å². The Morgan fingerprint density at radius 2 is 1.91 bits per heavy atom. The highest BCUT2D eigenvalue weighted by atomic mass is 19.2. The summed E-state index contributed by atoms with van der Waals surface area (Å²) in [5.74, 6) is -1.55. The van der Waals surface area contributed by atoms with E-state index in [1.54, 1.807) is 48.5 Å². The number of rotatable bonds is 3. The minimum absolute atomic E-state index is 0.0797. The van der Waals surface area contributed by atoms with E-state index < -0.39 is 17.7 Å². The molecule has 0 saturated heterocycles. The first-order valence-electron chi connectivity index (χ1n) is 10.4. The van der Waals surface area contributed by atoms with Crippen LogP contribution in [0.3, 0.4) is 0 Å². The number of alkyl carbamates (subject to hydrolysis) is 1. The number of hydrogen-bond donors (Lipinski definition) is 2. The van der Waals surface area contributed by atoms with Gasteiger partial charge in [0.15, 0.2) is 11.6 Å².